The molecule has 1 saturated carbocycles. The second-order valence-corrected chi connectivity index (χ2v) is 9.50. The Morgan fingerprint density at radius 1 is 1.18 bits per heavy atom. The van der Waals surface area contributed by atoms with Gasteiger partial charge in [0.05, 0.1) is 31.0 Å². The van der Waals surface area contributed by atoms with Gasteiger partial charge in [-0.3, -0.25) is 9.78 Å². The zero-order chi connectivity index (χ0) is 24.1. The van der Waals surface area contributed by atoms with E-state index in [1.54, 1.807) is 0 Å². The zero-order valence-corrected chi connectivity index (χ0v) is 20.3. The van der Waals surface area contributed by atoms with Crippen molar-refractivity contribution < 1.29 is 24.5 Å². The van der Waals surface area contributed by atoms with Crippen LogP contribution in [0.15, 0.2) is 71.5 Å². The first-order valence-corrected chi connectivity index (χ1v) is 11.9. The summed E-state index contributed by atoms with van der Waals surface area (Å²) in [6.45, 7) is 2.20. The van der Waals surface area contributed by atoms with Gasteiger partial charge in [-0.25, -0.2) is 0 Å². The highest BCUT2D eigenvalue weighted by Crippen LogP contribution is 2.69. The fraction of sp³-hybridized carbons (Fsp3) is 0.308. The van der Waals surface area contributed by atoms with Gasteiger partial charge in [0.2, 0.25) is 5.91 Å². The van der Waals surface area contributed by atoms with Gasteiger partial charge >= 0.3 is 0 Å². The summed E-state index contributed by atoms with van der Waals surface area (Å²) in [4.78, 5) is 17.6. The third-order valence-electron chi connectivity index (χ3n) is 6.97. The number of halogens is 1. The molecule has 1 amide bonds. The number of carbonyl (C=O) groups is 1. The summed E-state index contributed by atoms with van der Waals surface area (Å²) >= 11 is 3.47. The molecule has 0 spiro atoms. The molecule has 3 unspecified atom stereocenters. The number of aromatic nitrogens is 1. The molecular formula is C26H25BrN2O5. The number of nitrogens with one attached hydrogen (secondary N) is 1. The van der Waals surface area contributed by atoms with E-state index in [2.05, 4.69) is 26.2 Å². The van der Waals surface area contributed by atoms with Crippen molar-refractivity contribution in [2.75, 3.05) is 13.7 Å². The first-order valence-electron chi connectivity index (χ1n) is 11.1. The highest BCUT2D eigenvalue weighted by Gasteiger charge is 2.78. The molecule has 3 N–H and O–H groups in total. The fourth-order valence-corrected chi connectivity index (χ4v) is 5.94. The Morgan fingerprint density at radius 3 is 2.53 bits per heavy atom. The van der Waals surface area contributed by atoms with Crippen molar-refractivity contribution >= 4 is 21.8 Å². The molecule has 1 aliphatic heterocycles. The molecule has 1 fully saturated rings. The maximum absolute atomic E-state index is 13.4. The first-order chi connectivity index (χ1) is 16.4. The van der Waals surface area contributed by atoms with Gasteiger partial charge in [-0.05, 0) is 30.2 Å². The number of pyridine rings is 1. The molecule has 34 heavy (non-hydrogen) atoms. The summed E-state index contributed by atoms with van der Waals surface area (Å²) in [7, 11) is 1.47. The minimum atomic E-state index is -2.00. The van der Waals surface area contributed by atoms with Crippen molar-refractivity contribution in [3.8, 4) is 11.5 Å². The Balaban J connectivity index is 1.87. The molecule has 0 radical (unpaired) electrons. The van der Waals surface area contributed by atoms with E-state index in [1.807, 2.05) is 61.5 Å². The molecule has 0 saturated heterocycles. The Bertz CT molecular complexity index is 1220. The summed E-state index contributed by atoms with van der Waals surface area (Å²) < 4.78 is 13.0. The van der Waals surface area contributed by atoms with E-state index >= 15 is 0 Å². The number of carbonyl (C=O) groups excluding carboxylic acids is 1. The predicted octanol–water partition coefficient (Wildman–Crippen LogP) is 3.24. The van der Waals surface area contributed by atoms with Crippen molar-refractivity contribution in [1.29, 1.82) is 0 Å². The number of hydrogen-bond donors (Lipinski definition) is 3. The minimum absolute atomic E-state index is 0.279. The number of hydrogen-bond acceptors (Lipinski definition) is 6. The van der Waals surface area contributed by atoms with Crippen LogP contribution in [0.1, 0.15) is 29.5 Å². The van der Waals surface area contributed by atoms with Crippen LogP contribution in [0.2, 0.25) is 0 Å². The van der Waals surface area contributed by atoms with Gasteiger partial charge in [0, 0.05) is 16.9 Å². The fourth-order valence-electron chi connectivity index (χ4n) is 5.68. The van der Waals surface area contributed by atoms with E-state index in [-0.39, 0.29) is 17.2 Å². The maximum Gasteiger partial charge on any atom is 0.226 e. The minimum Gasteiger partial charge on any atom is -0.495 e. The van der Waals surface area contributed by atoms with Crippen LogP contribution in [0.3, 0.4) is 0 Å². The predicted molar refractivity (Wildman–Crippen MR) is 128 cm³/mol. The van der Waals surface area contributed by atoms with Gasteiger partial charge in [0.1, 0.15) is 17.6 Å². The molecule has 7 nitrogen and oxygen atoms in total. The highest BCUT2D eigenvalue weighted by atomic mass is 79.9. The Morgan fingerprint density at radius 2 is 1.88 bits per heavy atom. The molecule has 2 heterocycles. The summed E-state index contributed by atoms with van der Waals surface area (Å²) in [5.74, 6) is -1.50. The van der Waals surface area contributed by atoms with E-state index < -0.39 is 29.1 Å². The second-order valence-electron chi connectivity index (χ2n) is 8.58. The lowest BCUT2D eigenvalue weighted by atomic mass is 9.70. The molecule has 8 heteroatoms. The van der Waals surface area contributed by atoms with E-state index in [4.69, 9.17) is 9.47 Å². The van der Waals surface area contributed by atoms with E-state index in [0.29, 0.717) is 17.9 Å². The number of aliphatic hydroxyl groups excluding tert-OH is 1. The molecule has 0 bridgehead atoms. The molecule has 5 rings (SSSR count). The number of benzene rings is 2. The SMILES string of the molecule is CCNC(=O)[C@@H]1C(c2ccccc2)C2(c3ccc(Br)cc3)Oc3cncc(OC)c3C2(O)[C@@H]1O. The Kier molecular flexibility index (Phi) is 5.62. The van der Waals surface area contributed by atoms with Crippen LogP contribution < -0.4 is 14.8 Å². The number of rotatable bonds is 5. The molecule has 5 atom stereocenters. The normalized spacial score (nSPS) is 29.1. The van der Waals surface area contributed by atoms with Gasteiger partial charge in [-0.15, -0.1) is 0 Å². The van der Waals surface area contributed by atoms with Crippen molar-refractivity contribution in [3.05, 3.63) is 88.2 Å². The van der Waals surface area contributed by atoms with Gasteiger partial charge < -0.3 is 25.0 Å². The third-order valence-corrected chi connectivity index (χ3v) is 7.49. The lowest BCUT2D eigenvalue weighted by Crippen LogP contribution is -2.52. The number of methoxy groups -OCH3 is 1. The van der Waals surface area contributed by atoms with Crippen LogP contribution in [-0.4, -0.2) is 40.9 Å². The third kappa shape index (κ3) is 2.95. The van der Waals surface area contributed by atoms with Crippen molar-refractivity contribution in [2.24, 2.45) is 5.92 Å². The summed E-state index contributed by atoms with van der Waals surface area (Å²) in [6, 6.07) is 16.8. The standard InChI is InChI=1S/C26H25BrN2O5/c1-3-29-24(31)20-21(15-7-5-4-6-8-15)26(16-9-11-17(27)12-10-16)25(32,23(20)30)22-18(33-2)13-28-14-19(22)34-26/h4-14,20-21,23,30,32H,3H2,1-2H3,(H,29,31)/t20-,21?,23-,25?,26?/m1/s1. The number of aliphatic hydroxyl groups is 2. The van der Waals surface area contributed by atoms with Crippen LogP contribution in [0.25, 0.3) is 0 Å². The van der Waals surface area contributed by atoms with Gasteiger partial charge in [-0.1, -0.05) is 58.4 Å². The number of fused-ring (bicyclic) bond motifs is 3. The van der Waals surface area contributed by atoms with Crippen molar-refractivity contribution in [3.63, 3.8) is 0 Å². The molecule has 3 aromatic rings. The molecule has 2 aliphatic rings. The van der Waals surface area contributed by atoms with E-state index in [1.165, 1.54) is 19.5 Å². The van der Waals surface area contributed by atoms with Crippen LogP contribution in [-0.2, 0) is 16.0 Å². The number of nitrogens with zero attached hydrogens (tertiary/aromatic N) is 1. The van der Waals surface area contributed by atoms with Crippen molar-refractivity contribution in [1.82, 2.24) is 10.3 Å². The molecular weight excluding hydrogens is 500 g/mol. The van der Waals surface area contributed by atoms with Crippen LogP contribution in [0.4, 0.5) is 0 Å². The smallest absolute Gasteiger partial charge is 0.226 e. The first kappa shape index (κ1) is 22.8. The summed E-state index contributed by atoms with van der Waals surface area (Å²) in [6.07, 6.45) is 1.48. The highest BCUT2D eigenvalue weighted by molar-refractivity contribution is 9.10. The topological polar surface area (TPSA) is 101 Å². The van der Waals surface area contributed by atoms with Gasteiger partial charge in [-0.2, -0.15) is 0 Å². The molecule has 1 aromatic heterocycles. The quantitative estimate of drug-likeness (QED) is 0.473. The molecule has 2 aromatic carbocycles. The van der Waals surface area contributed by atoms with Crippen LogP contribution >= 0.6 is 15.9 Å². The average Bonchev–Trinajstić information content (AvgIpc) is 3.23. The monoisotopic (exact) mass is 524 g/mol. The summed E-state index contributed by atoms with van der Waals surface area (Å²) in [5.41, 5.74) is -1.86. The average molecular weight is 525 g/mol. The number of amides is 1. The van der Waals surface area contributed by atoms with E-state index in [0.717, 1.165) is 10.0 Å². The van der Waals surface area contributed by atoms with Crippen molar-refractivity contribution in [2.45, 2.75) is 30.1 Å². The lowest BCUT2D eigenvalue weighted by Gasteiger charge is -2.40. The van der Waals surface area contributed by atoms with Gasteiger partial charge in [0.15, 0.2) is 11.2 Å². The Hall–Kier alpha value is -2.94. The summed E-state index contributed by atoms with van der Waals surface area (Å²) in [5, 5.41) is 27.2. The Labute approximate surface area is 205 Å². The van der Waals surface area contributed by atoms with Crippen LogP contribution in [0.5, 0.6) is 11.5 Å². The molecule has 1 aliphatic carbocycles. The van der Waals surface area contributed by atoms with Gasteiger partial charge in [0.25, 0.3) is 0 Å². The second kappa shape index (κ2) is 8.37. The lowest BCUT2D eigenvalue weighted by molar-refractivity contribution is -0.154. The van der Waals surface area contributed by atoms with Crippen LogP contribution in [0, 0.1) is 5.92 Å². The maximum atomic E-state index is 13.4. The number of ether oxygens (including phenoxy) is 2. The van der Waals surface area contributed by atoms with E-state index in [9.17, 15) is 15.0 Å². The molecule has 176 valence electrons. The zero-order valence-electron chi connectivity index (χ0n) is 18.7. The largest absolute Gasteiger partial charge is 0.495 e.